The van der Waals surface area contributed by atoms with Crippen molar-refractivity contribution in [3.05, 3.63) is 11.8 Å². The summed E-state index contributed by atoms with van der Waals surface area (Å²) in [7, 11) is 0. The molecule has 0 aliphatic carbocycles. The van der Waals surface area contributed by atoms with Crippen LogP contribution in [0, 0.1) is 11.3 Å². The van der Waals surface area contributed by atoms with Gasteiger partial charge in [0.05, 0.1) is 6.07 Å². The van der Waals surface area contributed by atoms with Crippen molar-refractivity contribution in [3.8, 4) is 6.07 Å². The van der Waals surface area contributed by atoms with E-state index < -0.39 is 42.0 Å². The van der Waals surface area contributed by atoms with Crippen molar-refractivity contribution in [2.75, 3.05) is 0 Å². The first-order chi connectivity index (χ1) is 9.36. The number of halogens is 7. The molecule has 6 nitrogen and oxygen atoms in total. The molecule has 21 heavy (non-hydrogen) atoms. The second-order valence-corrected chi connectivity index (χ2v) is 3.61. The molecule has 1 heterocycles. The zero-order valence-electron chi connectivity index (χ0n) is 9.44. The highest BCUT2D eigenvalue weighted by Crippen LogP contribution is 2.51. The molecule has 0 spiro atoms. The molecule has 1 aromatic rings. The molecule has 118 valence electrons. The van der Waals surface area contributed by atoms with Crippen LogP contribution in [-0.4, -0.2) is 38.6 Å². The summed E-state index contributed by atoms with van der Waals surface area (Å²) in [6, 6.07) is 1.03. The molecule has 0 unspecified atom stereocenters. The third kappa shape index (κ3) is 2.76. The lowest BCUT2D eigenvalue weighted by Gasteiger charge is -2.25. The van der Waals surface area contributed by atoms with E-state index in [1.54, 1.807) is 0 Å². The minimum Gasteiger partial charge on any atom is -0.416 e. The quantitative estimate of drug-likeness (QED) is 0.639. The van der Waals surface area contributed by atoms with Gasteiger partial charge in [-0.2, -0.15) is 36.0 Å². The van der Waals surface area contributed by atoms with Gasteiger partial charge in [0.2, 0.25) is 5.89 Å². The smallest absolute Gasteiger partial charge is 0.416 e. The monoisotopic (exact) mass is 323 g/mol. The maximum atomic E-state index is 13.1. The zero-order chi connectivity index (χ0) is 16.6. The van der Waals surface area contributed by atoms with Crippen LogP contribution in [0.3, 0.4) is 0 Å². The molecule has 1 aromatic heterocycles. The van der Waals surface area contributed by atoms with Crippen LogP contribution >= 0.6 is 0 Å². The summed E-state index contributed by atoms with van der Waals surface area (Å²) in [5.74, 6) is -16.2. The highest BCUT2D eigenvalue weighted by atomic mass is 19.4. The van der Waals surface area contributed by atoms with Crippen LogP contribution < -0.4 is 0 Å². The summed E-state index contributed by atoms with van der Waals surface area (Å²) in [6.45, 7) is 0. The molecule has 0 amide bonds. The first-order valence-corrected chi connectivity index (χ1v) is 4.78. The molecule has 2 atom stereocenters. The molecule has 0 fully saturated rings. The fraction of sp³-hybridized carbons (Fsp3) is 0.625. The molecular weight excluding hydrogens is 319 g/mol. The predicted octanol–water partition coefficient (Wildman–Crippen LogP) is 1.28. The fourth-order valence-corrected chi connectivity index (χ4v) is 0.999. The van der Waals surface area contributed by atoms with Crippen LogP contribution in [0.2, 0.25) is 0 Å². The number of nitrogens with zero attached hydrogens (tertiary/aromatic N) is 3. The molecule has 13 heteroatoms. The van der Waals surface area contributed by atoms with E-state index in [1.165, 1.54) is 0 Å². The van der Waals surface area contributed by atoms with E-state index in [2.05, 4.69) is 14.6 Å². The van der Waals surface area contributed by atoms with Crippen molar-refractivity contribution in [2.24, 2.45) is 0 Å². The van der Waals surface area contributed by atoms with Gasteiger partial charge in [-0.25, -0.2) is 0 Å². The number of hydrogen-bond donors (Lipinski definition) is 2. The SMILES string of the molecule is N#C[C@H](O)[C@@H](O)c1nnc(C(F)(F)C(F)(F)C(F)(F)F)o1. The minimum atomic E-state index is -6.60. The van der Waals surface area contributed by atoms with E-state index in [-0.39, 0.29) is 0 Å². The summed E-state index contributed by atoms with van der Waals surface area (Å²) in [6.07, 6.45) is -11.2. The number of rotatable bonds is 4. The average molecular weight is 323 g/mol. The molecule has 2 N–H and O–H groups in total. The zero-order valence-corrected chi connectivity index (χ0v) is 9.44. The van der Waals surface area contributed by atoms with Gasteiger partial charge >= 0.3 is 18.0 Å². The van der Waals surface area contributed by atoms with Crippen molar-refractivity contribution in [2.45, 2.75) is 30.2 Å². The highest BCUT2D eigenvalue weighted by Gasteiger charge is 2.76. The molecular formula is C8H4F7N3O3. The van der Waals surface area contributed by atoms with Crippen molar-refractivity contribution < 1.29 is 45.4 Å². The molecule has 0 aliphatic heterocycles. The lowest BCUT2D eigenvalue weighted by Crippen LogP contribution is -2.50. The van der Waals surface area contributed by atoms with Crippen LogP contribution in [0.15, 0.2) is 4.42 Å². The number of hydrogen-bond acceptors (Lipinski definition) is 6. The normalized spacial score (nSPS) is 16.4. The van der Waals surface area contributed by atoms with E-state index in [0.29, 0.717) is 0 Å². The van der Waals surface area contributed by atoms with E-state index in [4.69, 9.17) is 15.5 Å². The third-order valence-corrected chi connectivity index (χ3v) is 2.14. The molecule has 1 rings (SSSR count). The van der Waals surface area contributed by atoms with Gasteiger partial charge < -0.3 is 14.6 Å². The highest BCUT2D eigenvalue weighted by molar-refractivity contribution is 5.05. The largest absolute Gasteiger partial charge is 0.460 e. The van der Waals surface area contributed by atoms with Gasteiger partial charge in [0.15, 0.2) is 12.2 Å². The van der Waals surface area contributed by atoms with Gasteiger partial charge in [-0.15, -0.1) is 10.2 Å². The average Bonchev–Trinajstić information content (AvgIpc) is 2.85. The Labute approximate surface area is 110 Å². The Morgan fingerprint density at radius 3 is 2.00 bits per heavy atom. The van der Waals surface area contributed by atoms with Crippen molar-refractivity contribution >= 4 is 0 Å². The first kappa shape index (κ1) is 17.1. The topological polar surface area (TPSA) is 103 Å². The van der Waals surface area contributed by atoms with Gasteiger partial charge in [-0.05, 0) is 0 Å². The van der Waals surface area contributed by atoms with Gasteiger partial charge in [0, 0.05) is 0 Å². The van der Waals surface area contributed by atoms with E-state index in [9.17, 15) is 30.7 Å². The summed E-state index contributed by atoms with van der Waals surface area (Å²) < 4.78 is 91.1. The Kier molecular flexibility index (Phi) is 4.17. The lowest BCUT2D eigenvalue weighted by molar-refractivity contribution is -0.364. The van der Waals surface area contributed by atoms with Crippen molar-refractivity contribution in [3.63, 3.8) is 0 Å². The van der Waals surface area contributed by atoms with Crippen LogP contribution in [0.25, 0.3) is 0 Å². The number of nitriles is 1. The Morgan fingerprint density at radius 2 is 1.57 bits per heavy atom. The second-order valence-electron chi connectivity index (χ2n) is 3.61. The van der Waals surface area contributed by atoms with Crippen LogP contribution in [0.5, 0.6) is 0 Å². The predicted molar refractivity (Wildman–Crippen MR) is 45.8 cm³/mol. The van der Waals surface area contributed by atoms with Crippen molar-refractivity contribution in [1.29, 1.82) is 5.26 Å². The van der Waals surface area contributed by atoms with E-state index in [0.717, 1.165) is 6.07 Å². The van der Waals surface area contributed by atoms with Gasteiger partial charge in [-0.3, -0.25) is 0 Å². The Hall–Kier alpha value is -1.94. The molecule has 0 radical (unpaired) electrons. The Balaban J connectivity index is 3.19. The summed E-state index contributed by atoms with van der Waals surface area (Å²) >= 11 is 0. The molecule has 0 bridgehead atoms. The van der Waals surface area contributed by atoms with Crippen LogP contribution in [-0.2, 0) is 5.92 Å². The number of aromatic nitrogens is 2. The number of aliphatic hydroxyl groups is 2. The molecule has 0 saturated heterocycles. The number of aliphatic hydroxyl groups excluding tert-OH is 2. The van der Waals surface area contributed by atoms with Gasteiger partial charge in [-0.1, -0.05) is 0 Å². The standard InChI is InChI=1S/C8H4F7N3O3/c9-6(10,7(11,12)8(13,14)15)5-18-17-4(21-5)3(20)2(19)1-16/h2-3,19-20H/t2-,3+/m0/s1. The van der Waals surface area contributed by atoms with Crippen LogP contribution in [0.4, 0.5) is 30.7 Å². The first-order valence-electron chi connectivity index (χ1n) is 4.78. The summed E-state index contributed by atoms with van der Waals surface area (Å²) in [5.41, 5.74) is 0. The van der Waals surface area contributed by atoms with Crippen LogP contribution in [0.1, 0.15) is 17.9 Å². The second kappa shape index (κ2) is 5.11. The number of alkyl halides is 7. The van der Waals surface area contributed by atoms with E-state index >= 15 is 0 Å². The summed E-state index contributed by atoms with van der Waals surface area (Å²) in [4.78, 5) is 0. The maximum Gasteiger partial charge on any atom is 0.460 e. The third-order valence-electron chi connectivity index (χ3n) is 2.14. The Bertz CT molecular complexity index is 550. The minimum absolute atomic E-state index is 1.03. The van der Waals surface area contributed by atoms with Gasteiger partial charge in [0.25, 0.3) is 5.89 Å². The fourth-order valence-electron chi connectivity index (χ4n) is 0.999. The molecule has 0 aliphatic rings. The lowest BCUT2D eigenvalue weighted by atomic mass is 10.1. The molecule has 0 saturated carbocycles. The Morgan fingerprint density at radius 1 is 1.05 bits per heavy atom. The van der Waals surface area contributed by atoms with E-state index in [1.807, 2.05) is 0 Å². The van der Waals surface area contributed by atoms with Crippen molar-refractivity contribution in [1.82, 2.24) is 10.2 Å². The van der Waals surface area contributed by atoms with Gasteiger partial charge in [0.1, 0.15) is 0 Å². The maximum absolute atomic E-state index is 13.1. The summed E-state index contributed by atoms with van der Waals surface area (Å²) in [5, 5.41) is 31.0. The molecule has 0 aromatic carbocycles.